The summed E-state index contributed by atoms with van der Waals surface area (Å²) in [6.07, 6.45) is 1.88. The second-order valence-electron chi connectivity index (χ2n) is 9.15. The molecule has 1 aromatic rings. The highest BCUT2D eigenvalue weighted by molar-refractivity contribution is 6.18. The Morgan fingerprint density at radius 1 is 0.914 bits per heavy atom. The topological polar surface area (TPSA) is 190 Å². The number of likely N-dealkylation sites (tertiary alicyclic amines) is 2. The van der Waals surface area contributed by atoms with E-state index in [4.69, 9.17) is 16.2 Å². The molecule has 182 valence electrons. The van der Waals surface area contributed by atoms with Gasteiger partial charge in [-0.1, -0.05) is 17.7 Å². The molecule has 2 aliphatic carbocycles. The molecular weight excluding hydrogens is 460 g/mol. The molecule has 0 bridgehead atoms. The van der Waals surface area contributed by atoms with Crippen molar-refractivity contribution < 1.29 is 38.6 Å². The predicted octanol–water partition coefficient (Wildman–Crippen LogP) is 0.194. The second kappa shape index (κ2) is 7.65. The summed E-state index contributed by atoms with van der Waals surface area (Å²) in [4.78, 5) is 77.0. The van der Waals surface area contributed by atoms with Gasteiger partial charge in [0.05, 0.1) is 30.8 Å². The number of phenolic OH excluding ortho intramolecular Hbond substituents is 1. The standard InChI is InChI=1S/C23H22N4O8/c1-35-14-6-8(28)2-3-10(14)15-9-4-5-11-16(20(31)26(18(11)29)22(24)33)12(9)7-13-17(15)21(32)27(19(13)30)23(25)34/h2-4,6,11-13,15-17,28H,5,7H2,1H3,(H2,24,33)(H2,25,34)/t11-,12+,13+,15+,16-,17+/m0/s1. The van der Waals surface area contributed by atoms with Gasteiger partial charge < -0.3 is 21.3 Å². The maximum absolute atomic E-state index is 13.3. The first kappa shape index (κ1) is 22.6. The third-order valence-corrected chi connectivity index (χ3v) is 7.64. The quantitative estimate of drug-likeness (QED) is 0.393. The zero-order valence-electron chi connectivity index (χ0n) is 18.5. The van der Waals surface area contributed by atoms with E-state index in [9.17, 15) is 33.9 Å². The number of fused-ring (bicyclic) bond motifs is 4. The summed E-state index contributed by atoms with van der Waals surface area (Å²) < 4.78 is 5.44. The van der Waals surface area contributed by atoms with E-state index in [0.717, 1.165) is 0 Å². The van der Waals surface area contributed by atoms with Gasteiger partial charge in [-0.15, -0.1) is 0 Å². The number of carbonyl (C=O) groups is 6. The molecule has 2 heterocycles. The SMILES string of the molecule is COc1cc(O)ccc1[C@H]1C2=CC[C@@H]3C(=O)N(C(N)=O)C(=O)[C@@H]3[C@@H]2C[C@H]2C(=O)N(C(N)=O)C(=O)[C@@H]12. The molecule has 1 aromatic carbocycles. The zero-order chi connectivity index (χ0) is 25.3. The fourth-order valence-electron chi connectivity index (χ4n) is 6.33. The van der Waals surface area contributed by atoms with Crippen molar-refractivity contribution in [1.29, 1.82) is 0 Å². The van der Waals surface area contributed by atoms with Crippen LogP contribution in [0.5, 0.6) is 11.5 Å². The van der Waals surface area contributed by atoms with Crippen LogP contribution in [-0.4, -0.2) is 57.7 Å². The van der Waals surface area contributed by atoms with Crippen LogP contribution in [0.4, 0.5) is 9.59 Å². The van der Waals surface area contributed by atoms with Gasteiger partial charge in [0.2, 0.25) is 23.6 Å². The molecular formula is C23H22N4O8. The van der Waals surface area contributed by atoms with Gasteiger partial charge in [0.25, 0.3) is 0 Å². The summed E-state index contributed by atoms with van der Waals surface area (Å²) in [5.74, 6) is -8.10. The van der Waals surface area contributed by atoms with Crippen molar-refractivity contribution in [2.24, 2.45) is 41.1 Å². The summed E-state index contributed by atoms with van der Waals surface area (Å²) in [6.45, 7) is 0. The first-order valence-electron chi connectivity index (χ1n) is 11.0. The largest absolute Gasteiger partial charge is 0.508 e. The summed E-state index contributed by atoms with van der Waals surface area (Å²) in [5, 5.41) is 9.95. The lowest BCUT2D eigenvalue weighted by Crippen LogP contribution is -2.44. The average Bonchev–Trinajstić information content (AvgIpc) is 3.21. The van der Waals surface area contributed by atoms with E-state index < -0.39 is 71.2 Å². The number of nitrogens with zero attached hydrogens (tertiary/aromatic N) is 2. The van der Waals surface area contributed by atoms with Crippen LogP contribution in [0, 0.1) is 29.6 Å². The lowest BCUT2D eigenvalue weighted by molar-refractivity contribution is -0.138. The minimum atomic E-state index is -1.20. The van der Waals surface area contributed by atoms with Gasteiger partial charge in [-0.3, -0.25) is 19.2 Å². The molecule has 3 fully saturated rings. The van der Waals surface area contributed by atoms with Crippen LogP contribution in [0.2, 0.25) is 0 Å². The molecule has 0 radical (unpaired) electrons. The number of phenols is 1. The molecule has 8 amide bonds. The summed E-state index contributed by atoms with van der Waals surface area (Å²) in [6, 6.07) is 1.93. The highest BCUT2D eigenvalue weighted by Crippen LogP contribution is 2.58. The zero-order valence-corrected chi connectivity index (χ0v) is 18.5. The van der Waals surface area contributed by atoms with Crippen LogP contribution >= 0.6 is 0 Å². The number of primary amides is 2. The van der Waals surface area contributed by atoms with Gasteiger partial charge in [-0.25, -0.2) is 9.59 Å². The molecule has 12 heteroatoms. The molecule has 6 atom stereocenters. The molecule has 0 aromatic heterocycles. The van der Waals surface area contributed by atoms with Crippen molar-refractivity contribution in [1.82, 2.24) is 9.80 Å². The Bertz CT molecular complexity index is 1260. The smallest absolute Gasteiger partial charge is 0.328 e. The number of hydrogen-bond donors (Lipinski definition) is 3. The number of urea groups is 2. The van der Waals surface area contributed by atoms with E-state index in [1.54, 1.807) is 12.1 Å². The molecule has 2 saturated heterocycles. The van der Waals surface area contributed by atoms with Gasteiger partial charge in [0.15, 0.2) is 0 Å². The number of ether oxygens (including phenoxy) is 1. The lowest BCUT2D eigenvalue weighted by Gasteiger charge is -2.44. The molecule has 1 saturated carbocycles. The summed E-state index contributed by atoms with van der Waals surface area (Å²) >= 11 is 0. The van der Waals surface area contributed by atoms with Gasteiger partial charge in [-0.2, -0.15) is 9.80 Å². The molecule has 0 spiro atoms. The van der Waals surface area contributed by atoms with E-state index in [0.29, 0.717) is 20.9 Å². The number of benzene rings is 1. The normalized spacial score (nSPS) is 31.6. The number of methoxy groups -OCH3 is 1. The van der Waals surface area contributed by atoms with Gasteiger partial charge in [0, 0.05) is 17.5 Å². The Morgan fingerprint density at radius 3 is 2.11 bits per heavy atom. The van der Waals surface area contributed by atoms with Crippen molar-refractivity contribution in [2.45, 2.75) is 18.8 Å². The number of allylic oxidation sites excluding steroid dienone is 2. The number of aromatic hydroxyl groups is 1. The molecule has 35 heavy (non-hydrogen) atoms. The molecule has 0 unspecified atom stereocenters. The summed E-state index contributed by atoms with van der Waals surface area (Å²) in [5.41, 5.74) is 11.7. The minimum Gasteiger partial charge on any atom is -0.508 e. The monoisotopic (exact) mass is 482 g/mol. The van der Waals surface area contributed by atoms with Crippen LogP contribution < -0.4 is 16.2 Å². The number of rotatable bonds is 2. The summed E-state index contributed by atoms with van der Waals surface area (Å²) in [7, 11) is 1.38. The third kappa shape index (κ3) is 2.98. The first-order chi connectivity index (χ1) is 16.6. The van der Waals surface area contributed by atoms with Gasteiger partial charge in [-0.05, 0) is 24.8 Å². The lowest BCUT2D eigenvalue weighted by atomic mass is 9.57. The van der Waals surface area contributed by atoms with Crippen molar-refractivity contribution in [3.8, 4) is 11.5 Å². The Kier molecular flexibility index (Phi) is 4.93. The van der Waals surface area contributed by atoms with Crippen LogP contribution in [-0.2, 0) is 19.2 Å². The molecule has 5 N–H and O–H groups in total. The second-order valence-corrected chi connectivity index (χ2v) is 9.15. The van der Waals surface area contributed by atoms with E-state index in [2.05, 4.69) is 0 Å². The van der Waals surface area contributed by atoms with E-state index >= 15 is 0 Å². The average molecular weight is 482 g/mol. The van der Waals surface area contributed by atoms with Crippen LogP contribution in [0.25, 0.3) is 0 Å². The van der Waals surface area contributed by atoms with Crippen molar-refractivity contribution in [3.63, 3.8) is 0 Å². The van der Waals surface area contributed by atoms with E-state index in [1.807, 2.05) is 0 Å². The number of amides is 8. The number of nitrogens with two attached hydrogens (primary N) is 2. The number of hydrogen-bond acceptors (Lipinski definition) is 8. The minimum absolute atomic E-state index is 0.00847. The predicted molar refractivity (Wildman–Crippen MR) is 115 cm³/mol. The van der Waals surface area contributed by atoms with Crippen LogP contribution in [0.1, 0.15) is 24.3 Å². The fraction of sp³-hybridized carbons (Fsp3) is 0.391. The maximum Gasteiger partial charge on any atom is 0.328 e. The van der Waals surface area contributed by atoms with E-state index in [-0.39, 0.29) is 24.3 Å². The van der Waals surface area contributed by atoms with Crippen molar-refractivity contribution >= 4 is 35.7 Å². The number of imide groups is 6. The first-order valence-corrected chi connectivity index (χ1v) is 11.0. The van der Waals surface area contributed by atoms with Crippen molar-refractivity contribution in [3.05, 3.63) is 35.4 Å². The Balaban J connectivity index is 1.69. The highest BCUT2D eigenvalue weighted by atomic mass is 16.5. The van der Waals surface area contributed by atoms with Crippen molar-refractivity contribution in [2.75, 3.05) is 7.11 Å². The molecule has 5 rings (SSSR count). The fourth-order valence-corrected chi connectivity index (χ4v) is 6.33. The molecule has 4 aliphatic rings. The van der Waals surface area contributed by atoms with E-state index in [1.165, 1.54) is 19.2 Å². The maximum atomic E-state index is 13.3. The Hall–Kier alpha value is -4.22. The molecule has 12 nitrogen and oxygen atoms in total. The molecule has 2 aliphatic heterocycles. The van der Waals surface area contributed by atoms with Gasteiger partial charge in [0.1, 0.15) is 11.5 Å². The number of carbonyl (C=O) groups excluding carboxylic acids is 6. The van der Waals surface area contributed by atoms with Crippen LogP contribution in [0.3, 0.4) is 0 Å². The van der Waals surface area contributed by atoms with Crippen LogP contribution in [0.15, 0.2) is 29.8 Å². The van der Waals surface area contributed by atoms with Gasteiger partial charge >= 0.3 is 12.1 Å². The Labute approximate surface area is 198 Å². The third-order valence-electron chi connectivity index (χ3n) is 7.64. The highest BCUT2D eigenvalue weighted by Gasteiger charge is 2.63. The Morgan fingerprint density at radius 2 is 1.51 bits per heavy atom.